The third-order valence-corrected chi connectivity index (χ3v) is 9.37. The van der Waals surface area contributed by atoms with Gasteiger partial charge in [0.05, 0.1) is 17.6 Å². The van der Waals surface area contributed by atoms with Crippen molar-refractivity contribution in [3.05, 3.63) is 30.7 Å². The van der Waals surface area contributed by atoms with Gasteiger partial charge in [0, 0.05) is 83.0 Å². The first kappa shape index (κ1) is 28.0. The molecule has 7 rings (SSSR count). The first-order valence-electron chi connectivity index (χ1n) is 15.3. The van der Waals surface area contributed by atoms with E-state index in [9.17, 15) is 18.4 Å². The van der Waals surface area contributed by atoms with Crippen LogP contribution in [0.25, 0.3) is 5.65 Å². The van der Waals surface area contributed by atoms with Gasteiger partial charge in [-0.25, -0.2) is 13.3 Å². The maximum Gasteiger partial charge on any atom is 0.248 e. The van der Waals surface area contributed by atoms with E-state index in [2.05, 4.69) is 32.4 Å². The van der Waals surface area contributed by atoms with Crippen LogP contribution in [-0.4, -0.2) is 115 Å². The fraction of sp³-hybridized carbons (Fsp3) is 0.621. The van der Waals surface area contributed by atoms with E-state index in [0.717, 1.165) is 51.1 Å². The van der Waals surface area contributed by atoms with Crippen LogP contribution < -0.4 is 10.2 Å². The van der Waals surface area contributed by atoms with Crippen molar-refractivity contribution in [1.29, 1.82) is 0 Å². The third kappa shape index (κ3) is 5.76. The van der Waals surface area contributed by atoms with Crippen LogP contribution in [0.2, 0.25) is 0 Å². The number of piperidine rings is 1. The molecule has 0 spiro atoms. The molecular formula is C29H38F2N10O2. The molecule has 3 saturated heterocycles. The van der Waals surface area contributed by atoms with Gasteiger partial charge in [0.15, 0.2) is 5.65 Å². The van der Waals surface area contributed by atoms with Crippen LogP contribution in [0.15, 0.2) is 30.7 Å². The van der Waals surface area contributed by atoms with Gasteiger partial charge >= 0.3 is 0 Å². The summed E-state index contributed by atoms with van der Waals surface area (Å²) in [6.07, 6.45) is 8.04. The third-order valence-electron chi connectivity index (χ3n) is 9.37. The molecule has 1 aliphatic carbocycles. The van der Waals surface area contributed by atoms with E-state index in [1.807, 2.05) is 28.1 Å². The van der Waals surface area contributed by atoms with E-state index in [-0.39, 0.29) is 55.6 Å². The number of pyridine rings is 1. The number of carbonyl (C=O) groups excluding carboxylic acids is 2. The maximum absolute atomic E-state index is 13.4. The fourth-order valence-corrected chi connectivity index (χ4v) is 7.12. The van der Waals surface area contributed by atoms with Crippen LogP contribution in [-0.2, 0) is 16.1 Å². The summed E-state index contributed by atoms with van der Waals surface area (Å²) >= 11 is 0. The number of nitrogens with one attached hydrogen (secondary N) is 1. The van der Waals surface area contributed by atoms with Crippen molar-refractivity contribution in [2.75, 3.05) is 56.5 Å². The normalized spacial score (nSPS) is 24.3. The van der Waals surface area contributed by atoms with Gasteiger partial charge in [0.25, 0.3) is 0 Å². The SMILES string of the molecule is CN1CCN(C(=O)Cn2cc(Nc3nc4c(N5CC6CCCC(C5)N6C(=O)CC5CC(F)(F)C5)cccn4n3)cn2)CC1. The number of carbonyl (C=O) groups is 2. The predicted molar refractivity (Wildman–Crippen MR) is 155 cm³/mol. The summed E-state index contributed by atoms with van der Waals surface area (Å²) in [6.45, 7) is 4.72. The molecule has 4 aliphatic rings. The molecule has 12 nitrogen and oxygen atoms in total. The molecule has 1 N–H and O–H groups in total. The van der Waals surface area contributed by atoms with Crippen LogP contribution in [0.1, 0.15) is 38.5 Å². The monoisotopic (exact) mass is 596 g/mol. The number of rotatable bonds is 7. The Morgan fingerprint density at radius 3 is 2.53 bits per heavy atom. The Morgan fingerprint density at radius 2 is 1.81 bits per heavy atom. The first-order valence-corrected chi connectivity index (χ1v) is 15.3. The molecule has 6 heterocycles. The van der Waals surface area contributed by atoms with Crippen LogP contribution in [0.3, 0.4) is 0 Å². The summed E-state index contributed by atoms with van der Waals surface area (Å²) in [5.74, 6) is -2.32. The number of fused-ring (bicyclic) bond motifs is 3. The highest BCUT2D eigenvalue weighted by atomic mass is 19.3. The topological polar surface area (TPSA) is 107 Å². The summed E-state index contributed by atoms with van der Waals surface area (Å²) < 4.78 is 30.1. The van der Waals surface area contributed by atoms with Crippen LogP contribution in [0, 0.1) is 5.92 Å². The molecule has 43 heavy (non-hydrogen) atoms. The molecule has 1 saturated carbocycles. The number of nitrogens with zero attached hydrogens (tertiary/aromatic N) is 9. The summed E-state index contributed by atoms with van der Waals surface area (Å²) in [4.78, 5) is 39.1. The molecule has 0 radical (unpaired) electrons. The van der Waals surface area contributed by atoms with Crippen LogP contribution >= 0.6 is 0 Å². The minimum Gasteiger partial charge on any atom is -0.364 e. The van der Waals surface area contributed by atoms with Crippen molar-refractivity contribution < 1.29 is 18.4 Å². The molecular weight excluding hydrogens is 558 g/mol. The standard InChI is InChI=1S/C29H38F2N10O2/c1-36-8-10-37(11-9-36)26(43)19-39-16-21(15-32-39)33-28-34-27-24(6-3-7-40(27)35-28)38-17-22-4-2-5-23(18-38)41(22)25(42)12-20-13-29(30,31)14-20/h3,6-7,15-16,20,22-23H,2,4-5,8-14,17-19H2,1H3,(H,33,35). The number of halogens is 2. The first-order chi connectivity index (χ1) is 20.7. The van der Waals surface area contributed by atoms with E-state index in [1.165, 1.54) is 0 Å². The number of amides is 2. The molecule has 0 aromatic carbocycles. The zero-order chi connectivity index (χ0) is 29.7. The highest BCUT2D eigenvalue weighted by Gasteiger charge is 2.48. The number of anilines is 3. The number of hydrogen-bond donors (Lipinski definition) is 1. The van der Waals surface area contributed by atoms with Crippen molar-refractivity contribution in [3.63, 3.8) is 0 Å². The van der Waals surface area contributed by atoms with Crippen molar-refractivity contribution in [2.45, 2.75) is 63.1 Å². The molecule has 230 valence electrons. The summed E-state index contributed by atoms with van der Waals surface area (Å²) in [7, 11) is 2.06. The van der Waals surface area contributed by atoms with Gasteiger partial charge < -0.3 is 24.9 Å². The summed E-state index contributed by atoms with van der Waals surface area (Å²) in [6, 6.07) is 4.08. The molecule has 4 fully saturated rings. The number of alkyl halides is 2. The molecule has 3 aliphatic heterocycles. The van der Waals surface area contributed by atoms with Crippen molar-refractivity contribution in [3.8, 4) is 0 Å². The molecule has 2 unspecified atom stereocenters. The Kier molecular flexibility index (Phi) is 7.18. The second-order valence-corrected chi connectivity index (χ2v) is 12.6. The summed E-state index contributed by atoms with van der Waals surface area (Å²) in [5, 5.41) is 12.2. The van der Waals surface area contributed by atoms with Gasteiger partial charge in [-0.3, -0.25) is 14.3 Å². The highest BCUT2D eigenvalue weighted by Crippen LogP contribution is 2.45. The van der Waals surface area contributed by atoms with Gasteiger partial charge in [-0.2, -0.15) is 10.1 Å². The van der Waals surface area contributed by atoms with Crippen molar-refractivity contribution in [1.82, 2.24) is 39.1 Å². The fourth-order valence-electron chi connectivity index (χ4n) is 7.12. The lowest BCUT2D eigenvalue weighted by Gasteiger charge is -2.51. The Morgan fingerprint density at radius 1 is 1.07 bits per heavy atom. The second kappa shape index (κ2) is 11.0. The second-order valence-electron chi connectivity index (χ2n) is 12.6. The average molecular weight is 597 g/mol. The largest absolute Gasteiger partial charge is 0.364 e. The van der Waals surface area contributed by atoms with E-state index in [0.29, 0.717) is 30.4 Å². The number of aromatic nitrogens is 5. The Labute approximate surface area is 248 Å². The average Bonchev–Trinajstić information content (AvgIpc) is 3.57. The minimum atomic E-state index is -2.60. The maximum atomic E-state index is 13.4. The number of hydrogen-bond acceptors (Lipinski definition) is 8. The lowest BCUT2D eigenvalue weighted by Crippen LogP contribution is -2.63. The molecule has 3 aromatic rings. The molecule has 2 atom stereocenters. The zero-order valence-corrected chi connectivity index (χ0v) is 24.4. The predicted octanol–water partition coefficient (Wildman–Crippen LogP) is 2.45. The molecule has 2 amide bonds. The van der Waals surface area contributed by atoms with E-state index >= 15 is 0 Å². The van der Waals surface area contributed by atoms with Gasteiger partial charge in [0.2, 0.25) is 23.7 Å². The number of likely N-dealkylation sites (N-methyl/N-ethyl adjacent to an activating group) is 1. The summed E-state index contributed by atoms with van der Waals surface area (Å²) in [5.41, 5.74) is 2.34. The van der Waals surface area contributed by atoms with Crippen LogP contribution in [0.5, 0.6) is 0 Å². The van der Waals surface area contributed by atoms with Gasteiger partial charge in [-0.05, 0) is 44.4 Å². The van der Waals surface area contributed by atoms with Gasteiger partial charge in [-0.1, -0.05) is 0 Å². The Hall–Kier alpha value is -3.81. The van der Waals surface area contributed by atoms with Crippen molar-refractivity contribution >= 4 is 34.8 Å². The molecule has 2 bridgehead atoms. The van der Waals surface area contributed by atoms with E-state index in [1.54, 1.807) is 21.6 Å². The smallest absolute Gasteiger partial charge is 0.248 e. The Bertz CT molecular complexity index is 1480. The number of piperazine rings is 2. The van der Waals surface area contributed by atoms with Gasteiger partial charge in [-0.15, -0.1) is 5.10 Å². The van der Waals surface area contributed by atoms with Crippen LogP contribution in [0.4, 0.5) is 26.1 Å². The minimum absolute atomic E-state index is 0.0211. The van der Waals surface area contributed by atoms with E-state index < -0.39 is 5.92 Å². The highest BCUT2D eigenvalue weighted by molar-refractivity contribution is 5.79. The zero-order valence-electron chi connectivity index (χ0n) is 24.4. The quantitative estimate of drug-likeness (QED) is 0.444. The lowest BCUT2D eigenvalue weighted by molar-refractivity contribution is -0.148. The van der Waals surface area contributed by atoms with Crippen molar-refractivity contribution in [2.24, 2.45) is 5.92 Å². The Balaban J connectivity index is 1.01. The molecule has 14 heteroatoms. The van der Waals surface area contributed by atoms with Gasteiger partial charge in [0.1, 0.15) is 6.54 Å². The van der Waals surface area contributed by atoms with E-state index in [4.69, 9.17) is 4.98 Å². The lowest BCUT2D eigenvalue weighted by atomic mass is 9.78. The molecule has 3 aromatic heterocycles.